The van der Waals surface area contributed by atoms with Crippen LogP contribution < -0.4 is 31.7 Å². The normalized spacial score (nSPS) is 31.7. The number of carbonyl (C=O) groups excluding carboxylic acids is 9. The topological polar surface area (TPSA) is 407 Å². The van der Waals surface area contributed by atoms with Crippen LogP contribution in [-0.2, 0) is 124 Å². The Kier molecular flexibility index (Phi) is 51.1. The van der Waals surface area contributed by atoms with Crippen molar-refractivity contribution in [3.63, 3.8) is 0 Å². The fourth-order valence-electron chi connectivity index (χ4n) is 23.7. The van der Waals surface area contributed by atoms with Crippen LogP contribution in [0.15, 0.2) is 24.3 Å². The summed E-state index contributed by atoms with van der Waals surface area (Å²) in [6.45, 7) is 25.2. The molecule has 18 aliphatic rings. The van der Waals surface area contributed by atoms with Gasteiger partial charge in [-0.25, -0.2) is 0 Å². The number of nitrogens with one attached hydrogen (secondary N) is 4. The zero-order valence-electron chi connectivity index (χ0n) is 90.5. The summed E-state index contributed by atoms with van der Waals surface area (Å²) in [7, 11) is 11.8. The van der Waals surface area contributed by atoms with Gasteiger partial charge in [0.05, 0.1) is 158 Å². The van der Waals surface area contributed by atoms with Gasteiger partial charge < -0.3 is 132 Å². The van der Waals surface area contributed by atoms with Gasteiger partial charge in [-0.2, -0.15) is 11.8 Å². The molecule has 1 saturated carbocycles. The second kappa shape index (κ2) is 62.9. The number of nitrogens with zero attached hydrogens (tertiary/aromatic N) is 4. The number of rotatable bonds is 47. The molecule has 836 valence electrons. The molecule has 0 aromatic heterocycles. The molecular weight excluding hydrogens is 1910 g/mol. The van der Waals surface area contributed by atoms with Gasteiger partial charge in [-0.15, -0.1) is 0 Å². The van der Waals surface area contributed by atoms with Crippen LogP contribution in [0.5, 0.6) is 5.75 Å². The van der Waals surface area contributed by atoms with Crippen molar-refractivity contribution in [2.24, 2.45) is 64.9 Å². The van der Waals surface area contributed by atoms with Gasteiger partial charge in [-0.3, -0.25) is 43.2 Å². The number of amides is 1. The van der Waals surface area contributed by atoms with Gasteiger partial charge in [0.15, 0.2) is 0 Å². The molecule has 1 aliphatic carbocycles. The summed E-state index contributed by atoms with van der Waals surface area (Å²) in [5.74, 6) is 1.74. The Morgan fingerprint density at radius 1 is 0.395 bits per heavy atom. The molecule has 1 amide bonds. The van der Waals surface area contributed by atoms with Crippen molar-refractivity contribution in [1.82, 2.24) is 35.6 Å². The average molecular weight is 2100 g/mol. The first kappa shape index (κ1) is 119. The van der Waals surface area contributed by atoms with E-state index in [1.165, 1.54) is 32.1 Å². The van der Waals surface area contributed by atoms with E-state index in [1.54, 1.807) is 7.11 Å². The quantitative estimate of drug-likeness (QED) is 0.0230. The second-order valence-electron chi connectivity index (χ2n) is 44.0. The summed E-state index contributed by atoms with van der Waals surface area (Å²) in [6.07, 6.45) is 38.6. The lowest BCUT2D eigenvalue weighted by molar-refractivity contribution is -0.160. The molecule has 27 atom stereocenters. The lowest BCUT2D eigenvalue weighted by Crippen LogP contribution is -2.40. The number of esters is 8. The molecular formula is C110H183N9O27S. The largest absolute Gasteiger partial charge is 0.497 e. The van der Waals surface area contributed by atoms with Gasteiger partial charge >= 0.3 is 47.8 Å². The van der Waals surface area contributed by atoms with Crippen molar-refractivity contribution in [3.05, 3.63) is 24.3 Å². The maximum atomic E-state index is 12.5. The van der Waals surface area contributed by atoms with Crippen LogP contribution >= 0.6 is 11.8 Å². The molecule has 147 heavy (non-hydrogen) atoms. The highest BCUT2D eigenvalue weighted by atomic mass is 32.2. The fraction of sp³-hybridized carbons (Fsp3) is 0.864. The lowest BCUT2D eigenvalue weighted by atomic mass is 9.84. The third-order valence-corrected chi connectivity index (χ3v) is 33.0. The minimum absolute atomic E-state index is 0.0000487. The van der Waals surface area contributed by atoms with Gasteiger partial charge in [0, 0.05) is 96.5 Å². The summed E-state index contributed by atoms with van der Waals surface area (Å²) in [5.41, 5.74) is 5.98. The van der Waals surface area contributed by atoms with Crippen molar-refractivity contribution in [2.45, 2.75) is 356 Å². The zero-order chi connectivity index (χ0) is 105. The number of likely N-dealkylation sites (N-methyl/N-ethyl adjacent to an activating group) is 4. The van der Waals surface area contributed by atoms with Crippen LogP contribution in [0.2, 0.25) is 0 Å². The SMILES string of the molecule is CCN(C)CC(OC(=O)C1CC2CCC1O2)C(C)C.CCN(CC)CCOC(=O)C1CC2CCC1O2.CN(C)CC(OC(=O)C1CC2CCC1O2)C1CCCCC1.CN(C)CCOC(=O)C1CC2CCC1O2.COc1ccc(NCCOC(=O)C2CC3CCC2O3)cc1.CSCCNCCOC(=O)C1CC2CCC1O2.NC(=O)CCNCCOC(=O)C1CC2CCC1O2.O=C(OCCNCC1CCCO1)C1CC2CCC1O2. The number of primary amides is 1. The Hall–Kier alpha value is -6.24. The molecule has 0 radical (unpaired) electrons. The van der Waals surface area contributed by atoms with E-state index in [-0.39, 0.29) is 174 Å². The number of anilines is 1. The van der Waals surface area contributed by atoms with E-state index < -0.39 is 0 Å². The Morgan fingerprint density at radius 3 is 1.07 bits per heavy atom. The summed E-state index contributed by atoms with van der Waals surface area (Å²) >= 11 is 1.81. The van der Waals surface area contributed by atoms with Crippen LogP contribution in [-0.4, -0.2) is 381 Å². The number of hydrogen-bond acceptors (Lipinski definition) is 36. The maximum absolute atomic E-state index is 12.5. The highest BCUT2D eigenvalue weighted by molar-refractivity contribution is 7.98. The number of thioether (sulfide) groups is 1. The van der Waals surface area contributed by atoms with Gasteiger partial charge in [0.1, 0.15) is 57.6 Å². The van der Waals surface area contributed by atoms with Crippen molar-refractivity contribution in [1.29, 1.82) is 0 Å². The van der Waals surface area contributed by atoms with E-state index in [0.29, 0.717) is 127 Å². The molecule has 16 bridgehead atoms. The molecule has 27 unspecified atom stereocenters. The molecule has 37 heteroatoms. The van der Waals surface area contributed by atoms with Gasteiger partial charge in [-0.1, -0.05) is 53.9 Å². The highest BCUT2D eigenvalue weighted by Crippen LogP contribution is 2.47. The predicted molar refractivity (Wildman–Crippen MR) is 554 cm³/mol. The number of benzene rings is 1. The van der Waals surface area contributed by atoms with Gasteiger partial charge in [0.25, 0.3) is 0 Å². The van der Waals surface area contributed by atoms with Crippen LogP contribution in [0.25, 0.3) is 0 Å². The van der Waals surface area contributed by atoms with E-state index in [0.717, 1.165) is 256 Å². The van der Waals surface area contributed by atoms with E-state index in [1.807, 2.05) is 55.0 Å². The number of hydrogen-bond donors (Lipinski definition) is 5. The molecule has 36 nitrogen and oxygen atoms in total. The molecule has 1 aromatic rings. The van der Waals surface area contributed by atoms with Crippen molar-refractivity contribution >= 4 is 71.1 Å². The number of carbonyl (C=O) groups is 9. The fourth-order valence-corrected chi connectivity index (χ4v) is 24.1. The number of fused-ring (bicyclic) bond motifs is 16. The number of nitrogens with two attached hydrogens (primary N) is 1. The summed E-state index contributed by atoms with van der Waals surface area (Å²) in [4.78, 5) is 115. The van der Waals surface area contributed by atoms with E-state index in [9.17, 15) is 43.2 Å². The summed E-state index contributed by atoms with van der Waals surface area (Å²) in [6, 6.07) is 7.65. The Labute approximate surface area is 879 Å². The molecule has 6 N–H and O–H groups in total. The van der Waals surface area contributed by atoms with Gasteiger partial charge in [-0.05, 0) is 277 Å². The maximum Gasteiger partial charge on any atom is 0.312 e. The minimum atomic E-state index is -0.335. The Bertz CT molecular complexity index is 4080. The number of methoxy groups -OCH3 is 1. The van der Waals surface area contributed by atoms with Gasteiger partial charge in [0.2, 0.25) is 5.91 Å². The Balaban J connectivity index is 0.000000150. The van der Waals surface area contributed by atoms with E-state index in [2.05, 4.69) is 98.0 Å². The summed E-state index contributed by atoms with van der Waals surface area (Å²) < 4.78 is 99.5. The van der Waals surface area contributed by atoms with Crippen molar-refractivity contribution in [2.75, 3.05) is 198 Å². The standard InChI is InChI=1S/C17H29NO3.C16H21NO4.C15H27NO3.C14H23NO4.C13H23NO3.C12H20N2O4.C12H21NO3S.C11H19NO3/c1-18(2)11-16(12-6-4-3-5-7-12)21-17(19)14-10-13-8-9-15(14)20-13;1-19-12-4-2-11(3-5-12)17-8-9-20-16(18)14-10-13-6-7-15(14)21-13;1-5-16(4)9-14(10(2)3)19-15(17)12-8-11-6-7-13(12)18-11;16-14(12-8-10-3-4-13(12)19-10)18-7-5-15-9-11-2-1-6-17-11;1-3-14(4-2)7-8-16-13(15)11-9-10-5-6-12(11)17-10;13-11(15)3-4-14-5-6-17-12(16)9-7-8-1-2-10(9)18-8;1-17-7-5-13-4-6-15-12(14)10-8-9-2-3-11(10)16-9;1-12(2)5-6-14-11(13)9-7-8-3-4-10(9)15-8/h12-16H,3-11H2,1-2H3;2-5,13-15,17H,6-10H2,1H3;10-14H,5-9H2,1-4H3;10-13,15H,1-9H2;10-12H,3-9H2,1-2H3;8-10,14H,1-7H2,(H2,13,15);9-11,13H,2-8H2,1H3;8-10H,3-7H2,1-2H3. The van der Waals surface area contributed by atoms with Crippen LogP contribution in [0.4, 0.5) is 5.69 Å². The first-order valence-electron chi connectivity index (χ1n) is 56.3. The monoisotopic (exact) mass is 2090 g/mol. The van der Waals surface area contributed by atoms with E-state index >= 15 is 0 Å². The van der Waals surface area contributed by atoms with Crippen molar-refractivity contribution in [3.8, 4) is 5.75 Å². The lowest BCUT2D eigenvalue weighted by Gasteiger charge is -2.33. The first-order valence-corrected chi connectivity index (χ1v) is 57.7. The van der Waals surface area contributed by atoms with Crippen LogP contribution in [0, 0.1) is 59.2 Å². The van der Waals surface area contributed by atoms with Crippen LogP contribution in [0.1, 0.15) is 240 Å². The molecule has 0 spiro atoms. The molecule has 17 heterocycles. The second-order valence-corrected chi connectivity index (χ2v) is 45.0. The third-order valence-electron chi connectivity index (χ3n) is 32.4. The van der Waals surface area contributed by atoms with Crippen molar-refractivity contribution < 1.29 is 128 Å². The first-order chi connectivity index (χ1) is 71.1. The smallest absolute Gasteiger partial charge is 0.312 e. The summed E-state index contributed by atoms with van der Waals surface area (Å²) in [5, 5.41) is 12.7. The minimum Gasteiger partial charge on any atom is -0.497 e. The number of ether oxygens (including phenoxy) is 18. The van der Waals surface area contributed by atoms with Crippen LogP contribution in [0.3, 0.4) is 0 Å². The third kappa shape index (κ3) is 38.4. The predicted octanol–water partition coefficient (Wildman–Crippen LogP) is 10.5. The molecule has 17 saturated heterocycles. The highest BCUT2D eigenvalue weighted by Gasteiger charge is 2.53. The Morgan fingerprint density at radius 2 is 0.755 bits per heavy atom. The molecule has 17 aliphatic heterocycles. The molecule has 19 rings (SSSR count). The van der Waals surface area contributed by atoms with E-state index in [4.69, 9.17) is 91.0 Å². The molecule has 1 aromatic carbocycles. The molecule has 18 fully saturated rings. The zero-order valence-corrected chi connectivity index (χ0v) is 91.3. The average Bonchev–Trinajstić information content (AvgIpc) is 1.72.